The van der Waals surface area contributed by atoms with Gasteiger partial charge in [-0.2, -0.15) is 11.3 Å². The molecule has 2 rings (SSSR count). The largest absolute Gasteiger partial charge is 0.352 e. The van der Waals surface area contributed by atoms with Crippen LogP contribution in [-0.4, -0.2) is 43.4 Å². The summed E-state index contributed by atoms with van der Waals surface area (Å²) in [5, 5.41) is 9.28. The number of thiophene rings is 1. The van der Waals surface area contributed by atoms with Gasteiger partial charge in [-0.15, -0.1) is 0 Å². The lowest BCUT2D eigenvalue weighted by atomic mass is 10.0. The third-order valence-electron chi connectivity index (χ3n) is 4.45. The number of likely N-dealkylation sites (N-methyl/N-ethyl adjacent to an activating group) is 1. The van der Waals surface area contributed by atoms with Gasteiger partial charge in [0.1, 0.15) is 23.2 Å². The first-order valence-electron chi connectivity index (χ1n) is 8.93. The Morgan fingerprint density at radius 1 is 1.14 bits per heavy atom. The van der Waals surface area contributed by atoms with Crippen LogP contribution in [0.3, 0.4) is 0 Å². The van der Waals surface area contributed by atoms with Crippen molar-refractivity contribution in [2.24, 2.45) is 5.92 Å². The quantitative estimate of drug-likeness (QED) is 0.704. The van der Waals surface area contributed by atoms with Gasteiger partial charge in [0, 0.05) is 6.54 Å². The lowest BCUT2D eigenvalue weighted by Crippen LogP contribution is -2.51. The van der Waals surface area contributed by atoms with Gasteiger partial charge in [0.25, 0.3) is 5.91 Å². The van der Waals surface area contributed by atoms with Gasteiger partial charge in [-0.1, -0.05) is 19.9 Å². The summed E-state index contributed by atoms with van der Waals surface area (Å²) < 4.78 is 27.7. The van der Waals surface area contributed by atoms with E-state index in [4.69, 9.17) is 0 Å². The number of hydrogen-bond acceptors (Lipinski definition) is 4. The molecule has 2 N–H and O–H groups in total. The molecule has 8 heteroatoms. The molecule has 5 nitrogen and oxygen atoms in total. The molecule has 0 aliphatic heterocycles. The van der Waals surface area contributed by atoms with Crippen molar-refractivity contribution in [2.75, 3.05) is 20.6 Å². The average molecular weight is 410 g/mol. The Morgan fingerprint density at radius 3 is 2.29 bits per heavy atom. The number of nitrogens with zero attached hydrogens (tertiary/aromatic N) is 1. The molecule has 2 aromatic rings. The second kappa shape index (κ2) is 9.75. The van der Waals surface area contributed by atoms with Gasteiger partial charge in [0.2, 0.25) is 5.91 Å². The average Bonchev–Trinajstić information content (AvgIpc) is 3.13. The minimum atomic E-state index is -0.967. The number of benzene rings is 1. The van der Waals surface area contributed by atoms with Gasteiger partial charge in [0.05, 0.1) is 6.04 Å². The topological polar surface area (TPSA) is 61.4 Å². The van der Waals surface area contributed by atoms with Crippen molar-refractivity contribution < 1.29 is 18.4 Å². The molecule has 0 aliphatic carbocycles. The second-order valence-corrected chi connectivity index (χ2v) is 7.85. The Bertz CT molecular complexity index is 790. The van der Waals surface area contributed by atoms with Gasteiger partial charge >= 0.3 is 0 Å². The maximum absolute atomic E-state index is 13.8. The highest BCUT2D eigenvalue weighted by Gasteiger charge is 2.28. The summed E-state index contributed by atoms with van der Waals surface area (Å²) in [5.74, 6) is -3.55. The Morgan fingerprint density at radius 2 is 1.79 bits per heavy atom. The molecule has 2 atom stereocenters. The van der Waals surface area contributed by atoms with Gasteiger partial charge in [-0.3, -0.25) is 9.59 Å². The third kappa shape index (κ3) is 5.36. The molecule has 0 fully saturated rings. The number of rotatable bonds is 8. The summed E-state index contributed by atoms with van der Waals surface area (Å²) in [6, 6.07) is 4.24. The number of amides is 2. The predicted octanol–water partition coefficient (Wildman–Crippen LogP) is 3.20. The first-order chi connectivity index (χ1) is 13.2. The first-order valence-corrected chi connectivity index (χ1v) is 9.87. The summed E-state index contributed by atoms with van der Waals surface area (Å²) in [6.45, 7) is 3.85. The van der Waals surface area contributed by atoms with Crippen LogP contribution < -0.4 is 10.6 Å². The Labute approximate surface area is 167 Å². The van der Waals surface area contributed by atoms with E-state index in [1.54, 1.807) is 25.2 Å². The lowest BCUT2D eigenvalue weighted by molar-refractivity contribution is -0.124. The molecule has 0 radical (unpaired) electrons. The van der Waals surface area contributed by atoms with Crippen LogP contribution in [0.25, 0.3) is 0 Å². The van der Waals surface area contributed by atoms with Gasteiger partial charge in [-0.05, 0) is 54.5 Å². The highest BCUT2D eigenvalue weighted by molar-refractivity contribution is 7.07. The SMILES string of the molecule is CC(C)C(NC(=O)c1c(F)cccc1F)C(=O)NCC(c1ccsc1)N(C)C. The first kappa shape index (κ1) is 22.0. The van der Waals surface area contributed by atoms with Gasteiger partial charge in [-0.25, -0.2) is 8.78 Å². The molecule has 0 saturated carbocycles. The van der Waals surface area contributed by atoms with Crippen LogP contribution in [0.1, 0.15) is 35.8 Å². The van der Waals surface area contributed by atoms with Gasteiger partial charge in [0.15, 0.2) is 0 Å². The number of carbonyl (C=O) groups is 2. The van der Waals surface area contributed by atoms with E-state index in [1.807, 2.05) is 35.8 Å². The molecule has 0 saturated heterocycles. The van der Waals surface area contributed by atoms with Crippen LogP contribution in [0, 0.1) is 17.6 Å². The Kier molecular flexibility index (Phi) is 7.65. The van der Waals surface area contributed by atoms with Crippen molar-refractivity contribution in [2.45, 2.75) is 25.9 Å². The standard InChI is InChI=1S/C20H25F2N3O2S/c1-12(2)18(24-19(26)17-14(21)6-5-7-15(17)22)20(27)23-10-16(25(3)4)13-8-9-28-11-13/h5-9,11-12,16,18H,10H2,1-4H3,(H,23,27)(H,24,26). The fourth-order valence-electron chi connectivity index (χ4n) is 2.83. The summed E-state index contributed by atoms with van der Waals surface area (Å²) >= 11 is 1.57. The number of nitrogens with one attached hydrogen (secondary N) is 2. The molecule has 0 spiro atoms. The molecule has 2 amide bonds. The van der Waals surface area contributed by atoms with Crippen LogP contribution >= 0.6 is 11.3 Å². The van der Waals surface area contributed by atoms with E-state index in [1.165, 1.54) is 6.07 Å². The normalized spacial score (nSPS) is 13.4. The van der Waals surface area contributed by atoms with Crippen molar-refractivity contribution in [3.05, 3.63) is 57.8 Å². The highest BCUT2D eigenvalue weighted by Crippen LogP contribution is 2.20. The molecule has 1 aromatic carbocycles. The Balaban J connectivity index is 2.08. The molecule has 0 bridgehead atoms. The van der Waals surface area contributed by atoms with Crippen molar-refractivity contribution in [1.29, 1.82) is 0 Å². The lowest BCUT2D eigenvalue weighted by Gasteiger charge is -2.27. The summed E-state index contributed by atoms with van der Waals surface area (Å²) in [6.07, 6.45) is 0. The molecule has 152 valence electrons. The molecule has 28 heavy (non-hydrogen) atoms. The van der Waals surface area contributed by atoms with E-state index in [2.05, 4.69) is 10.6 Å². The molecular formula is C20H25F2N3O2S. The van der Waals surface area contributed by atoms with Crippen molar-refractivity contribution in [3.63, 3.8) is 0 Å². The zero-order valence-electron chi connectivity index (χ0n) is 16.3. The smallest absolute Gasteiger partial charge is 0.257 e. The van der Waals surface area contributed by atoms with E-state index in [0.29, 0.717) is 6.54 Å². The van der Waals surface area contributed by atoms with Crippen molar-refractivity contribution in [3.8, 4) is 0 Å². The predicted molar refractivity (Wildman–Crippen MR) is 106 cm³/mol. The maximum Gasteiger partial charge on any atom is 0.257 e. The zero-order chi connectivity index (χ0) is 20.8. The Hall–Kier alpha value is -2.32. The summed E-state index contributed by atoms with van der Waals surface area (Å²) in [4.78, 5) is 27.0. The minimum absolute atomic E-state index is 0.0253. The zero-order valence-corrected chi connectivity index (χ0v) is 17.1. The molecule has 2 unspecified atom stereocenters. The second-order valence-electron chi connectivity index (χ2n) is 7.07. The van der Waals surface area contributed by atoms with E-state index in [9.17, 15) is 18.4 Å². The molecule has 1 aromatic heterocycles. The van der Waals surface area contributed by atoms with Crippen LogP contribution in [0.4, 0.5) is 8.78 Å². The molecule has 0 aliphatic rings. The fraction of sp³-hybridized carbons (Fsp3) is 0.400. The third-order valence-corrected chi connectivity index (χ3v) is 5.15. The van der Waals surface area contributed by atoms with E-state index in [-0.39, 0.29) is 12.0 Å². The van der Waals surface area contributed by atoms with E-state index >= 15 is 0 Å². The van der Waals surface area contributed by atoms with Crippen molar-refractivity contribution >= 4 is 23.2 Å². The number of carbonyl (C=O) groups excluding carboxylic acids is 2. The van der Waals surface area contributed by atoms with Crippen molar-refractivity contribution in [1.82, 2.24) is 15.5 Å². The van der Waals surface area contributed by atoms with Gasteiger partial charge < -0.3 is 15.5 Å². The summed E-state index contributed by atoms with van der Waals surface area (Å²) in [7, 11) is 3.83. The monoisotopic (exact) mass is 409 g/mol. The van der Waals surface area contributed by atoms with E-state index < -0.39 is 35.1 Å². The number of halogens is 2. The van der Waals surface area contributed by atoms with Crippen LogP contribution in [-0.2, 0) is 4.79 Å². The van der Waals surface area contributed by atoms with E-state index in [0.717, 1.165) is 17.7 Å². The fourth-order valence-corrected chi connectivity index (χ4v) is 3.54. The maximum atomic E-state index is 13.8. The van der Waals surface area contributed by atoms with Crippen LogP contribution in [0.2, 0.25) is 0 Å². The highest BCUT2D eigenvalue weighted by atomic mass is 32.1. The molecular weight excluding hydrogens is 384 g/mol. The number of hydrogen-bond donors (Lipinski definition) is 2. The minimum Gasteiger partial charge on any atom is -0.352 e. The molecule has 1 heterocycles. The summed E-state index contributed by atoms with van der Waals surface area (Å²) in [5.41, 5.74) is 0.388. The van der Waals surface area contributed by atoms with Crippen LogP contribution in [0.15, 0.2) is 35.0 Å². The van der Waals surface area contributed by atoms with Crippen LogP contribution in [0.5, 0.6) is 0 Å².